The summed E-state index contributed by atoms with van der Waals surface area (Å²) in [6.07, 6.45) is -0.0485. The van der Waals surface area contributed by atoms with E-state index in [-0.39, 0.29) is 6.42 Å². The zero-order valence-corrected chi connectivity index (χ0v) is 9.80. The Morgan fingerprint density at radius 1 is 1.18 bits per heavy atom. The maximum absolute atomic E-state index is 11.6. The van der Waals surface area contributed by atoms with Gasteiger partial charge in [-0.3, -0.25) is 9.59 Å². The highest BCUT2D eigenvalue weighted by molar-refractivity contribution is 5.84. The van der Waals surface area contributed by atoms with Gasteiger partial charge in [-0.2, -0.15) is 0 Å². The first kappa shape index (κ1) is 13.0. The second kappa shape index (κ2) is 5.89. The van der Waals surface area contributed by atoms with Crippen molar-refractivity contribution in [3.8, 4) is 0 Å². The summed E-state index contributed by atoms with van der Waals surface area (Å²) >= 11 is 0. The molecule has 17 heavy (non-hydrogen) atoms. The molecule has 0 heterocycles. The van der Waals surface area contributed by atoms with Crippen molar-refractivity contribution in [3.63, 3.8) is 0 Å². The lowest BCUT2D eigenvalue weighted by Gasteiger charge is -2.13. The van der Waals surface area contributed by atoms with E-state index >= 15 is 0 Å². The molecule has 2 N–H and O–H groups in total. The number of benzene rings is 1. The highest BCUT2D eigenvalue weighted by Crippen LogP contribution is 2.22. The lowest BCUT2D eigenvalue weighted by atomic mass is 9.95. The van der Waals surface area contributed by atoms with Gasteiger partial charge >= 0.3 is 11.9 Å². The number of anilines is 1. The van der Waals surface area contributed by atoms with Crippen LogP contribution in [0.5, 0.6) is 0 Å². The maximum atomic E-state index is 11.6. The quantitative estimate of drug-likeness (QED) is 0.626. The van der Waals surface area contributed by atoms with Crippen molar-refractivity contribution < 1.29 is 19.1 Å². The Hall–Kier alpha value is -2.04. The normalized spacial score (nSPS) is 11.6. The fraction of sp³-hybridized carbons (Fsp3) is 0.333. The third kappa shape index (κ3) is 3.48. The van der Waals surface area contributed by atoms with E-state index in [1.807, 2.05) is 0 Å². The molecule has 0 fully saturated rings. The average molecular weight is 237 g/mol. The second-order valence-corrected chi connectivity index (χ2v) is 3.52. The summed E-state index contributed by atoms with van der Waals surface area (Å²) in [4.78, 5) is 22.8. The van der Waals surface area contributed by atoms with Crippen molar-refractivity contribution in [1.29, 1.82) is 0 Å². The number of methoxy groups -OCH3 is 2. The molecule has 1 unspecified atom stereocenters. The first-order chi connectivity index (χ1) is 8.08. The lowest BCUT2D eigenvalue weighted by molar-refractivity contribution is -0.149. The molecule has 0 aliphatic rings. The highest BCUT2D eigenvalue weighted by atomic mass is 16.5. The van der Waals surface area contributed by atoms with Crippen molar-refractivity contribution in [3.05, 3.63) is 29.8 Å². The zero-order chi connectivity index (χ0) is 12.8. The fourth-order valence-corrected chi connectivity index (χ4v) is 1.46. The van der Waals surface area contributed by atoms with E-state index in [1.165, 1.54) is 14.2 Å². The molecule has 1 atom stereocenters. The van der Waals surface area contributed by atoms with Crippen molar-refractivity contribution >= 4 is 17.6 Å². The van der Waals surface area contributed by atoms with E-state index < -0.39 is 17.9 Å². The predicted octanol–water partition coefficient (Wildman–Crippen LogP) is 1.09. The highest BCUT2D eigenvalue weighted by Gasteiger charge is 2.24. The first-order valence-corrected chi connectivity index (χ1v) is 5.08. The van der Waals surface area contributed by atoms with Gasteiger partial charge in [-0.1, -0.05) is 12.1 Å². The van der Waals surface area contributed by atoms with Gasteiger partial charge in [-0.15, -0.1) is 0 Å². The van der Waals surface area contributed by atoms with E-state index in [0.717, 1.165) is 0 Å². The largest absolute Gasteiger partial charge is 0.469 e. The molecule has 0 aliphatic heterocycles. The number of carbonyl (C=O) groups excluding carboxylic acids is 2. The molecule has 0 spiro atoms. The van der Waals surface area contributed by atoms with E-state index in [2.05, 4.69) is 9.47 Å². The van der Waals surface area contributed by atoms with E-state index in [1.54, 1.807) is 24.3 Å². The summed E-state index contributed by atoms with van der Waals surface area (Å²) in [5.41, 5.74) is 6.83. The lowest BCUT2D eigenvalue weighted by Crippen LogP contribution is -2.18. The van der Waals surface area contributed by atoms with E-state index in [0.29, 0.717) is 11.3 Å². The molecule has 0 saturated heterocycles. The van der Waals surface area contributed by atoms with Gasteiger partial charge in [0.2, 0.25) is 0 Å². The zero-order valence-electron chi connectivity index (χ0n) is 9.80. The van der Waals surface area contributed by atoms with Gasteiger partial charge in [-0.25, -0.2) is 0 Å². The van der Waals surface area contributed by atoms with Crippen molar-refractivity contribution in [2.24, 2.45) is 0 Å². The van der Waals surface area contributed by atoms with E-state index in [9.17, 15) is 9.59 Å². The van der Waals surface area contributed by atoms with Gasteiger partial charge in [0.25, 0.3) is 0 Å². The molecule has 0 radical (unpaired) electrons. The van der Waals surface area contributed by atoms with Crippen molar-refractivity contribution in [1.82, 2.24) is 0 Å². The number of nitrogens with two attached hydrogens (primary N) is 1. The van der Waals surface area contributed by atoms with Crippen molar-refractivity contribution in [2.75, 3.05) is 20.0 Å². The van der Waals surface area contributed by atoms with Gasteiger partial charge in [-0.05, 0) is 17.7 Å². The third-order valence-electron chi connectivity index (χ3n) is 2.42. The monoisotopic (exact) mass is 237 g/mol. The van der Waals surface area contributed by atoms with Crippen molar-refractivity contribution in [2.45, 2.75) is 12.3 Å². The number of ether oxygens (including phenoxy) is 2. The third-order valence-corrected chi connectivity index (χ3v) is 2.42. The Bertz CT molecular complexity index is 399. The summed E-state index contributed by atoms with van der Waals surface area (Å²) in [6.45, 7) is 0. The fourth-order valence-electron chi connectivity index (χ4n) is 1.46. The molecule has 92 valence electrons. The van der Waals surface area contributed by atoms with Crippen LogP contribution in [0.25, 0.3) is 0 Å². The Balaban J connectivity index is 2.93. The molecule has 5 nitrogen and oxygen atoms in total. The van der Waals surface area contributed by atoms with Crippen LogP contribution in [0.4, 0.5) is 5.69 Å². The van der Waals surface area contributed by atoms with E-state index in [4.69, 9.17) is 5.73 Å². The van der Waals surface area contributed by atoms with Crippen LogP contribution in [0.2, 0.25) is 0 Å². The first-order valence-electron chi connectivity index (χ1n) is 5.08. The van der Waals surface area contributed by atoms with Gasteiger partial charge < -0.3 is 15.2 Å². The standard InChI is InChI=1S/C12H15NO4/c1-16-11(14)7-10(12(15)17-2)8-3-5-9(13)6-4-8/h3-6,10H,7,13H2,1-2H3. The molecule has 0 amide bonds. The number of esters is 2. The Morgan fingerprint density at radius 2 is 1.76 bits per heavy atom. The van der Waals surface area contributed by atoms with Gasteiger partial charge in [0.1, 0.15) is 0 Å². The Kier molecular flexibility index (Phi) is 4.51. The SMILES string of the molecule is COC(=O)CC(C(=O)OC)c1ccc(N)cc1. The minimum absolute atomic E-state index is 0.0485. The molecule has 0 aromatic heterocycles. The average Bonchev–Trinajstić information content (AvgIpc) is 2.36. The van der Waals surface area contributed by atoms with Gasteiger partial charge in [0.15, 0.2) is 0 Å². The summed E-state index contributed by atoms with van der Waals surface area (Å²) < 4.78 is 9.21. The molecular formula is C12H15NO4. The molecule has 0 saturated carbocycles. The topological polar surface area (TPSA) is 78.6 Å². The Morgan fingerprint density at radius 3 is 2.24 bits per heavy atom. The van der Waals surface area contributed by atoms with Gasteiger partial charge in [0.05, 0.1) is 26.6 Å². The second-order valence-electron chi connectivity index (χ2n) is 3.52. The summed E-state index contributed by atoms with van der Waals surface area (Å²) in [7, 11) is 2.56. The number of nitrogen functional groups attached to an aromatic ring is 1. The van der Waals surface area contributed by atoms with Crippen LogP contribution in [-0.2, 0) is 19.1 Å². The summed E-state index contributed by atoms with van der Waals surface area (Å²) in [6, 6.07) is 6.73. The number of hydrogen-bond donors (Lipinski definition) is 1. The molecule has 1 aromatic rings. The maximum Gasteiger partial charge on any atom is 0.313 e. The number of hydrogen-bond acceptors (Lipinski definition) is 5. The molecule has 0 aliphatic carbocycles. The van der Waals surface area contributed by atoms with Gasteiger partial charge in [0, 0.05) is 5.69 Å². The molecular weight excluding hydrogens is 222 g/mol. The van der Waals surface area contributed by atoms with Crippen LogP contribution >= 0.6 is 0 Å². The van der Waals surface area contributed by atoms with Crippen LogP contribution in [-0.4, -0.2) is 26.2 Å². The van der Waals surface area contributed by atoms with Crippen LogP contribution in [0, 0.1) is 0 Å². The van der Waals surface area contributed by atoms with Crippen LogP contribution in [0.15, 0.2) is 24.3 Å². The molecule has 1 aromatic carbocycles. The van der Waals surface area contributed by atoms with Crippen LogP contribution in [0.1, 0.15) is 17.9 Å². The minimum atomic E-state index is -0.659. The molecule has 1 rings (SSSR count). The smallest absolute Gasteiger partial charge is 0.313 e. The van der Waals surface area contributed by atoms with Crippen LogP contribution < -0.4 is 5.73 Å². The number of carbonyl (C=O) groups is 2. The van der Waals surface area contributed by atoms with Crippen LogP contribution in [0.3, 0.4) is 0 Å². The Labute approximate surface area is 99.5 Å². The summed E-state index contributed by atoms with van der Waals surface area (Å²) in [5, 5.41) is 0. The molecule has 0 bridgehead atoms. The molecule has 5 heteroatoms. The minimum Gasteiger partial charge on any atom is -0.469 e. The summed E-state index contributed by atoms with van der Waals surface area (Å²) in [5.74, 6) is -1.59. The predicted molar refractivity (Wildman–Crippen MR) is 62.2 cm³/mol. The number of rotatable bonds is 4.